The van der Waals surface area contributed by atoms with Gasteiger partial charge in [0.1, 0.15) is 17.5 Å². The van der Waals surface area contributed by atoms with Gasteiger partial charge >= 0.3 is 0 Å². The molecule has 1 aromatic heterocycles. The highest BCUT2D eigenvalue weighted by molar-refractivity contribution is 5.46. The highest BCUT2D eigenvalue weighted by atomic mass is 15.3. The average molecular weight is 264 g/mol. The highest BCUT2D eigenvalue weighted by Crippen LogP contribution is 2.19. The number of hydrogen-bond acceptors (Lipinski definition) is 6. The lowest BCUT2D eigenvalue weighted by Crippen LogP contribution is -2.30. The third-order valence-electron chi connectivity index (χ3n) is 3.68. The van der Waals surface area contributed by atoms with Crippen molar-refractivity contribution in [1.29, 1.82) is 0 Å². The van der Waals surface area contributed by atoms with Crippen LogP contribution in [0.4, 0.5) is 11.6 Å². The molecule has 0 saturated carbocycles. The molecule has 1 aromatic rings. The van der Waals surface area contributed by atoms with Crippen LogP contribution in [-0.4, -0.2) is 41.5 Å². The van der Waals surface area contributed by atoms with Crippen molar-refractivity contribution in [3.63, 3.8) is 0 Å². The molecule has 1 saturated heterocycles. The number of nitrogen functional groups attached to an aromatic ring is 1. The molecule has 0 spiro atoms. The summed E-state index contributed by atoms with van der Waals surface area (Å²) in [4.78, 5) is 10.9. The Morgan fingerprint density at radius 3 is 2.68 bits per heavy atom. The van der Waals surface area contributed by atoms with E-state index in [4.69, 9.17) is 5.84 Å². The number of aryl methyl sites for hydroxylation is 1. The standard InChI is InChI=1S/C13H24N6/c1-10-16-12(9-13(17-10)18-14)15-6-3-11-4-7-19(2)8-5-11/h9,11H,3-8,14H2,1-2H3,(H2,15,16,17,18). The minimum Gasteiger partial charge on any atom is -0.370 e. The summed E-state index contributed by atoms with van der Waals surface area (Å²) in [6, 6.07) is 1.83. The summed E-state index contributed by atoms with van der Waals surface area (Å²) >= 11 is 0. The quantitative estimate of drug-likeness (QED) is 0.548. The van der Waals surface area contributed by atoms with E-state index in [0.29, 0.717) is 5.82 Å². The van der Waals surface area contributed by atoms with Gasteiger partial charge in [0.15, 0.2) is 0 Å². The Balaban J connectivity index is 1.77. The Labute approximate surface area is 114 Å². The molecule has 0 aromatic carbocycles. The third kappa shape index (κ3) is 4.33. The molecule has 0 aliphatic carbocycles. The summed E-state index contributed by atoms with van der Waals surface area (Å²) in [7, 11) is 2.19. The van der Waals surface area contributed by atoms with Crippen LogP contribution in [-0.2, 0) is 0 Å². The summed E-state index contributed by atoms with van der Waals surface area (Å²) in [5, 5.41) is 3.36. The Hall–Kier alpha value is -1.40. The van der Waals surface area contributed by atoms with Gasteiger partial charge in [0.05, 0.1) is 0 Å². The van der Waals surface area contributed by atoms with Crippen molar-refractivity contribution in [3.05, 3.63) is 11.9 Å². The van der Waals surface area contributed by atoms with Crippen LogP contribution in [0.1, 0.15) is 25.1 Å². The van der Waals surface area contributed by atoms with Crippen LogP contribution in [0, 0.1) is 12.8 Å². The number of likely N-dealkylation sites (tertiary alicyclic amines) is 1. The summed E-state index contributed by atoms with van der Waals surface area (Å²) in [5.74, 6) is 8.41. The van der Waals surface area contributed by atoms with Crippen LogP contribution in [0.15, 0.2) is 6.07 Å². The minimum absolute atomic E-state index is 0.647. The molecule has 1 aliphatic heterocycles. The second-order valence-electron chi connectivity index (χ2n) is 5.29. The van der Waals surface area contributed by atoms with Crippen LogP contribution in [0.3, 0.4) is 0 Å². The van der Waals surface area contributed by atoms with E-state index in [1.807, 2.05) is 13.0 Å². The largest absolute Gasteiger partial charge is 0.370 e. The van der Waals surface area contributed by atoms with Gasteiger partial charge in [-0.25, -0.2) is 15.8 Å². The smallest absolute Gasteiger partial charge is 0.145 e. The van der Waals surface area contributed by atoms with Crippen LogP contribution in [0.5, 0.6) is 0 Å². The van der Waals surface area contributed by atoms with Gasteiger partial charge in [-0.1, -0.05) is 0 Å². The van der Waals surface area contributed by atoms with Crippen molar-refractivity contribution in [2.45, 2.75) is 26.2 Å². The maximum Gasteiger partial charge on any atom is 0.145 e. The average Bonchev–Trinajstić information content (AvgIpc) is 2.40. The maximum atomic E-state index is 5.37. The Bertz CT molecular complexity index is 400. The second-order valence-corrected chi connectivity index (χ2v) is 5.29. The second kappa shape index (κ2) is 6.68. The molecule has 0 atom stereocenters. The highest BCUT2D eigenvalue weighted by Gasteiger charge is 2.16. The van der Waals surface area contributed by atoms with E-state index in [1.54, 1.807) is 0 Å². The topological polar surface area (TPSA) is 79.1 Å². The molecule has 1 fully saturated rings. The van der Waals surface area contributed by atoms with Crippen molar-refractivity contribution in [3.8, 4) is 0 Å². The number of hydrazine groups is 1. The van der Waals surface area contributed by atoms with Crippen molar-refractivity contribution in [2.24, 2.45) is 11.8 Å². The van der Waals surface area contributed by atoms with E-state index in [0.717, 1.165) is 24.1 Å². The van der Waals surface area contributed by atoms with Crippen molar-refractivity contribution < 1.29 is 0 Å². The lowest BCUT2D eigenvalue weighted by Gasteiger charge is -2.28. The van der Waals surface area contributed by atoms with Gasteiger partial charge < -0.3 is 15.6 Å². The Kier molecular flexibility index (Phi) is 4.93. The van der Waals surface area contributed by atoms with Gasteiger partial charge in [0.2, 0.25) is 0 Å². The Morgan fingerprint density at radius 1 is 1.32 bits per heavy atom. The molecule has 4 N–H and O–H groups in total. The molecule has 6 nitrogen and oxygen atoms in total. The third-order valence-corrected chi connectivity index (χ3v) is 3.68. The molecule has 6 heteroatoms. The zero-order valence-electron chi connectivity index (χ0n) is 11.8. The molecule has 0 bridgehead atoms. The first kappa shape index (κ1) is 14.0. The molecular weight excluding hydrogens is 240 g/mol. The lowest BCUT2D eigenvalue weighted by molar-refractivity contribution is 0.215. The van der Waals surface area contributed by atoms with Crippen LogP contribution >= 0.6 is 0 Å². The molecule has 19 heavy (non-hydrogen) atoms. The number of rotatable bonds is 5. The van der Waals surface area contributed by atoms with E-state index in [-0.39, 0.29) is 0 Å². The van der Waals surface area contributed by atoms with Crippen LogP contribution in [0.25, 0.3) is 0 Å². The van der Waals surface area contributed by atoms with Crippen LogP contribution in [0.2, 0.25) is 0 Å². The molecule has 106 valence electrons. The van der Waals surface area contributed by atoms with Crippen molar-refractivity contribution >= 4 is 11.6 Å². The lowest BCUT2D eigenvalue weighted by atomic mass is 9.94. The molecule has 0 radical (unpaired) electrons. The van der Waals surface area contributed by atoms with E-state index in [1.165, 1.54) is 32.4 Å². The van der Waals surface area contributed by atoms with E-state index in [9.17, 15) is 0 Å². The van der Waals surface area contributed by atoms with Gasteiger partial charge in [0, 0.05) is 12.6 Å². The zero-order chi connectivity index (χ0) is 13.7. The first-order valence-corrected chi connectivity index (χ1v) is 6.92. The molecular formula is C13H24N6. The predicted molar refractivity (Wildman–Crippen MR) is 77.9 cm³/mol. The SMILES string of the molecule is Cc1nc(NN)cc(NCCC2CCN(C)CC2)n1. The predicted octanol–water partition coefficient (Wildman–Crippen LogP) is 1.21. The van der Waals surface area contributed by atoms with Gasteiger partial charge in [-0.2, -0.15) is 0 Å². The summed E-state index contributed by atoms with van der Waals surface area (Å²) in [6.45, 7) is 5.26. The molecule has 2 heterocycles. The molecule has 0 amide bonds. The Morgan fingerprint density at radius 2 is 2.00 bits per heavy atom. The van der Waals surface area contributed by atoms with E-state index >= 15 is 0 Å². The van der Waals surface area contributed by atoms with E-state index in [2.05, 4.69) is 32.7 Å². The van der Waals surface area contributed by atoms with Gasteiger partial charge in [-0.05, 0) is 52.2 Å². The first-order chi connectivity index (χ1) is 9.17. The van der Waals surface area contributed by atoms with Gasteiger partial charge in [-0.15, -0.1) is 0 Å². The van der Waals surface area contributed by atoms with E-state index < -0.39 is 0 Å². The number of aromatic nitrogens is 2. The fourth-order valence-corrected chi connectivity index (χ4v) is 2.49. The number of anilines is 2. The number of nitrogens with two attached hydrogens (primary N) is 1. The number of hydrogen-bond donors (Lipinski definition) is 3. The normalized spacial score (nSPS) is 17.4. The number of nitrogens with zero attached hydrogens (tertiary/aromatic N) is 3. The van der Waals surface area contributed by atoms with Gasteiger partial charge in [0.25, 0.3) is 0 Å². The van der Waals surface area contributed by atoms with Crippen LogP contribution < -0.4 is 16.6 Å². The number of piperidine rings is 1. The molecule has 2 rings (SSSR count). The molecule has 0 unspecified atom stereocenters. The summed E-state index contributed by atoms with van der Waals surface area (Å²) in [6.07, 6.45) is 3.80. The first-order valence-electron chi connectivity index (χ1n) is 6.92. The van der Waals surface area contributed by atoms with Crippen molar-refractivity contribution in [1.82, 2.24) is 14.9 Å². The molecule has 1 aliphatic rings. The minimum atomic E-state index is 0.647. The monoisotopic (exact) mass is 264 g/mol. The summed E-state index contributed by atoms with van der Waals surface area (Å²) < 4.78 is 0. The number of nitrogens with one attached hydrogen (secondary N) is 2. The van der Waals surface area contributed by atoms with Crippen molar-refractivity contribution in [2.75, 3.05) is 37.4 Å². The fraction of sp³-hybridized carbons (Fsp3) is 0.692. The van der Waals surface area contributed by atoms with Gasteiger partial charge in [-0.3, -0.25) is 0 Å². The fourth-order valence-electron chi connectivity index (χ4n) is 2.49. The maximum absolute atomic E-state index is 5.37. The zero-order valence-corrected chi connectivity index (χ0v) is 11.8. The summed E-state index contributed by atoms with van der Waals surface area (Å²) in [5.41, 5.74) is 2.56.